The fourth-order valence-electron chi connectivity index (χ4n) is 9.34. The summed E-state index contributed by atoms with van der Waals surface area (Å²) in [6.45, 7) is 4.89. The third kappa shape index (κ3) is 2.23. The van der Waals surface area contributed by atoms with Crippen LogP contribution in [0.25, 0.3) is 0 Å². The van der Waals surface area contributed by atoms with E-state index in [0.29, 0.717) is 12.0 Å². The number of aliphatic hydroxyl groups excluding tert-OH is 1. The van der Waals surface area contributed by atoms with Gasteiger partial charge in [-0.3, -0.25) is 14.4 Å². The molecular weight excluding hydrogens is 484 g/mol. The van der Waals surface area contributed by atoms with E-state index in [2.05, 4.69) is 0 Å². The van der Waals surface area contributed by atoms with Gasteiger partial charge in [-0.2, -0.15) is 0 Å². The van der Waals surface area contributed by atoms with E-state index in [1.807, 2.05) is 0 Å². The molecule has 5 fully saturated rings. The minimum absolute atomic E-state index is 0.0332. The van der Waals surface area contributed by atoms with Gasteiger partial charge in [0.25, 0.3) is 0 Å². The maximum Gasteiger partial charge on any atom is 0.342 e. The van der Waals surface area contributed by atoms with E-state index < -0.39 is 81.1 Å². The normalized spacial score (nSPS) is 57.4. The smallest absolute Gasteiger partial charge is 0.342 e. The molecule has 7 aliphatic rings. The number of hydrogen-bond donors (Lipinski definition) is 3. The van der Waals surface area contributed by atoms with Crippen molar-refractivity contribution in [3.8, 4) is 0 Å². The van der Waals surface area contributed by atoms with Gasteiger partial charge in [-0.05, 0) is 56.9 Å². The molecule has 37 heavy (non-hydrogen) atoms. The molecule has 11 atom stereocenters. The van der Waals surface area contributed by atoms with Gasteiger partial charge in [0.2, 0.25) is 5.79 Å². The van der Waals surface area contributed by atoms with Gasteiger partial charge in [0.15, 0.2) is 28.4 Å². The summed E-state index contributed by atoms with van der Waals surface area (Å²) in [6, 6.07) is 0. The Kier molecular flexibility index (Phi) is 4.11. The molecule has 0 aromatic heterocycles. The number of aliphatic hydroxyl groups is 3. The Balaban J connectivity index is 1.51. The summed E-state index contributed by atoms with van der Waals surface area (Å²) in [5, 5.41) is 35.9. The summed E-state index contributed by atoms with van der Waals surface area (Å²) in [7, 11) is 0. The van der Waals surface area contributed by atoms with E-state index in [1.165, 1.54) is 19.1 Å². The first kappa shape index (κ1) is 23.7. The first-order valence-electron chi connectivity index (χ1n) is 12.9. The molecule has 4 unspecified atom stereocenters. The van der Waals surface area contributed by atoms with E-state index in [0.717, 1.165) is 0 Å². The Bertz CT molecular complexity index is 1270. The molecular formula is C27H30O10. The average molecular weight is 515 g/mol. The summed E-state index contributed by atoms with van der Waals surface area (Å²) in [5.74, 6) is -8.71. The Labute approximate surface area is 212 Å². The maximum absolute atomic E-state index is 14.5. The summed E-state index contributed by atoms with van der Waals surface area (Å²) in [4.78, 5) is 54.0. The maximum atomic E-state index is 14.5. The number of fused-ring (bicyclic) bond motifs is 9. The number of ether oxygens (including phenoxy) is 3. The fourth-order valence-corrected chi connectivity index (χ4v) is 9.34. The van der Waals surface area contributed by atoms with Crippen LogP contribution in [0.4, 0.5) is 0 Å². The van der Waals surface area contributed by atoms with Crippen molar-refractivity contribution in [3.05, 3.63) is 23.8 Å². The quantitative estimate of drug-likeness (QED) is 0.303. The molecule has 198 valence electrons. The molecule has 0 amide bonds. The number of ketones is 2. The van der Waals surface area contributed by atoms with Gasteiger partial charge in [0, 0.05) is 0 Å². The highest BCUT2D eigenvalue weighted by molar-refractivity contribution is 6.00. The van der Waals surface area contributed by atoms with E-state index in [9.17, 15) is 34.5 Å². The number of allylic oxidation sites excluding steroid dienone is 3. The van der Waals surface area contributed by atoms with Crippen LogP contribution in [0.2, 0.25) is 0 Å². The molecule has 4 aliphatic heterocycles. The highest BCUT2D eigenvalue weighted by Gasteiger charge is 2.91. The molecule has 0 radical (unpaired) electrons. The fraction of sp³-hybridized carbons (Fsp3) is 0.704. The number of carbonyl (C=O) groups is 4. The lowest BCUT2D eigenvalue weighted by atomic mass is 9.48. The zero-order chi connectivity index (χ0) is 26.6. The van der Waals surface area contributed by atoms with Crippen LogP contribution in [0.5, 0.6) is 0 Å². The second kappa shape index (κ2) is 6.42. The predicted octanol–water partition coefficient (Wildman–Crippen LogP) is 0.264. The highest BCUT2D eigenvalue weighted by atomic mass is 16.7. The van der Waals surface area contributed by atoms with Crippen molar-refractivity contribution in [2.45, 2.75) is 87.7 Å². The number of Topliss-reactive ketones (excluding diaryl/α,β-unsaturated/α-hetero) is 1. The van der Waals surface area contributed by atoms with Crippen molar-refractivity contribution >= 4 is 23.5 Å². The van der Waals surface area contributed by atoms with Crippen LogP contribution in [0.15, 0.2) is 23.8 Å². The van der Waals surface area contributed by atoms with Crippen LogP contribution in [-0.2, 0) is 33.4 Å². The molecule has 3 N–H and O–H groups in total. The number of esters is 2. The molecule has 7 rings (SSSR count). The molecule has 10 nitrogen and oxygen atoms in total. The molecule has 4 heterocycles. The largest absolute Gasteiger partial charge is 0.458 e. The third-order valence-corrected chi connectivity index (χ3v) is 11.1. The summed E-state index contributed by atoms with van der Waals surface area (Å²) >= 11 is 0. The Morgan fingerprint density at radius 1 is 1.08 bits per heavy atom. The topological polar surface area (TPSA) is 157 Å². The van der Waals surface area contributed by atoms with E-state index in [1.54, 1.807) is 19.9 Å². The Morgan fingerprint density at radius 3 is 2.54 bits per heavy atom. The van der Waals surface area contributed by atoms with Crippen molar-refractivity contribution in [2.75, 3.05) is 0 Å². The van der Waals surface area contributed by atoms with Crippen LogP contribution < -0.4 is 0 Å². The molecule has 4 bridgehead atoms. The molecule has 3 aliphatic carbocycles. The minimum Gasteiger partial charge on any atom is -0.458 e. The van der Waals surface area contributed by atoms with Crippen molar-refractivity contribution in [1.29, 1.82) is 0 Å². The van der Waals surface area contributed by atoms with Gasteiger partial charge < -0.3 is 29.5 Å². The second-order valence-electron chi connectivity index (χ2n) is 12.7. The van der Waals surface area contributed by atoms with Crippen LogP contribution >= 0.6 is 0 Å². The Hall–Kier alpha value is -2.40. The third-order valence-electron chi connectivity index (χ3n) is 11.1. The molecule has 1 saturated carbocycles. The molecule has 0 aromatic carbocycles. The van der Waals surface area contributed by atoms with Crippen molar-refractivity contribution in [1.82, 2.24) is 0 Å². The van der Waals surface area contributed by atoms with Gasteiger partial charge in [-0.1, -0.05) is 24.6 Å². The zero-order valence-electron chi connectivity index (χ0n) is 20.9. The van der Waals surface area contributed by atoms with Crippen molar-refractivity contribution in [3.63, 3.8) is 0 Å². The molecule has 10 heteroatoms. The molecule has 0 aromatic rings. The van der Waals surface area contributed by atoms with Gasteiger partial charge in [0.05, 0.1) is 29.8 Å². The summed E-state index contributed by atoms with van der Waals surface area (Å²) in [6.07, 6.45) is 2.53. The monoisotopic (exact) mass is 514 g/mol. The number of hydrogen-bond acceptors (Lipinski definition) is 10. The average Bonchev–Trinajstić information content (AvgIpc) is 3.15. The van der Waals surface area contributed by atoms with Crippen LogP contribution in [0, 0.1) is 28.6 Å². The zero-order valence-corrected chi connectivity index (χ0v) is 20.9. The van der Waals surface area contributed by atoms with Gasteiger partial charge in [-0.25, -0.2) is 4.79 Å². The lowest BCUT2D eigenvalue weighted by Gasteiger charge is -2.60. The van der Waals surface area contributed by atoms with Gasteiger partial charge >= 0.3 is 11.9 Å². The van der Waals surface area contributed by atoms with E-state index >= 15 is 0 Å². The lowest BCUT2D eigenvalue weighted by Crippen LogP contribution is -2.77. The van der Waals surface area contributed by atoms with Crippen LogP contribution in [-0.4, -0.2) is 73.6 Å². The van der Waals surface area contributed by atoms with Crippen molar-refractivity contribution < 1.29 is 48.7 Å². The summed E-state index contributed by atoms with van der Waals surface area (Å²) < 4.78 is 17.8. The van der Waals surface area contributed by atoms with Gasteiger partial charge in [0.1, 0.15) is 6.10 Å². The molecule has 1 spiro atoms. The minimum atomic E-state index is -2.66. The highest BCUT2D eigenvalue weighted by Crippen LogP contribution is 2.72. The van der Waals surface area contributed by atoms with E-state index in [-0.39, 0.29) is 31.5 Å². The lowest BCUT2D eigenvalue weighted by molar-refractivity contribution is -0.348. The standard InChI is InChI=1S/C27H30O10/c1-22-10-16(35-17(30)11-22)24(3)27-19(22)20(31)26(34,37-27)18-13(7-8-25(27,33)21(32)36-24)23(2)12(9-14(18)28)5-4-6-15(23)29/h4,6,9,13-14,16,18-19,28,33-34H,5,7-8,10-11H2,1-3H3/t13?,14-,16+,18?,19?,22+,23-,24-,25?,26+,27-/m0/s1. The summed E-state index contributed by atoms with van der Waals surface area (Å²) in [5.41, 5.74) is -7.83. The molecule has 4 saturated heterocycles. The predicted molar refractivity (Wildman–Crippen MR) is 121 cm³/mol. The number of carbonyl (C=O) groups excluding carboxylic acids is 4. The SMILES string of the molecule is C[C@]12CC(=O)O[C@H](C1)[C@]1(C)OC(=O)C3(O)CCC4C([C@@H](O)C=C5CC=CC(=O)[C@@]54C)[C@@]4(O)O[C@]31C2C4=O. The van der Waals surface area contributed by atoms with Crippen LogP contribution in [0.3, 0.4) is 0 Å². The van der Waals surface area contributed by atoms with Crippen molar-refractivity contribution in [2.24, 2.45) is 28.6 Å². The van der Waals surface area contributed by atoms with Gasteiger partial charge in [-0.15, -0.1) is 0 Å². The van der Waals surface area contributed by atoms with E-state index in [4.69, 9.17) is 14.2 Å². The number of rotatable bonds is 0. The first-order valence-corrected chi connectivity index (χ1v) is 12.9. The second-order valence-corrected chi connectivity index (χ2v) is 12.7. The Morgan fingerprint density at radius 2 is 1.81 bits per heavy atom. The first-order chi connectivity index (χ1) is 17.2. The van der Waals surface area contributed by atoms with Crippen LogP contribution in [0.1, 0.15) is 52.9 Å².